The van der Waals surface area contributed by atoms with Crippen LogP contribution in [0.4, 0.5) is 5.69 Å². The van der Waals surface area contributed by atoms with Gasteiger partial charge in [-0.15, -0.1) is 11.3 Å². The molecule has 0 aliphatic rings. The van der Waals surface area contributed by atoms with Crippen LogP contribution in [0.1, 0.15) is 0 Å². The third-order valence-corrected chi connectivity index (χ3v) is 7.03. The van der Waals surface area contributed by atoms with Gasteiger partial charge in [0.25, 0.3) is 0 Å². The van der Waals surface area contributed by atoms with Crippen molar-refractivity contribution in [2.75, 3.05) is 12.4 Å². The molecule has 0 aliphatic heterocycles. The lowest BCUT2D eigenvalue weighted by molar-refractivity contribution is 1.56. The number of thiophene rings is 1. The minimum Gasteiger partial charge on any atom is -0.387 e. The number of hydrogen-bond acceptors (Lipinski definition) is 2. The molecule has 5 aromatic carbocycles. The highest BCUT2D eigenvalue weighted by molar-refractivity contribution is 7.26. The summed E-state index contributed by atoms with van der Waals surface area (Å²) in [5.41, 5.74) is 3.75. The summed E-state index contributed by atoms with van der Waals surface area (Å²) in [7, 11) is 2.04. The second-order valence-corrected chi connectivity index (χ2v) is 8.46. The van der Waals surface area contributed by atoms with Crippen LogP contribution in [0, 0.1) is 0 Å². The van der Waals surface area contributed by atoms with E-state index in [0.717, 1.165) is 0 Å². The van der Waals surface area contributed by atoms with Crippen LogP contribution in [0.5, 0.6) is 0 Å². The van der Waals surface area contributed by atoms with Crippen molar-refractivity contribution in [3.8, 4) is 11.1 Å². The molecule has 0 saturated heterocycles. The van der Waals surface area contributed by atoms with E-state index in [0.29, 0.717) is 0 Å². The van der Waals surface area contributed by atoms with Gasteiger partial charge < -0.3 is 5.32 Å². The van der Waals surface area contributed by atoms with Gasteiger partial charge in [0.15, 0.2) is 0 Å². The summed E-state index contributed by atoms with van der Waals surface area (Å²) in [4.78, 5) is 0. The number of hydrogen-bond donors (Lipinski definition) is 1. The molecule has 29 heavy (non-hydrogen) atoms. The summed E-state index contributed by atoms with van der Waals surface area (Å²) in [6, 6.07) is 32.9. The molecular weight excluding hydrogens is 370 g/mol. The molecule has 0 spiro atoms. The van der Waals surface area contributed by atoms with E-state index in [2.05, 4.69) is 96.3 Å². The van der Waals surface area contributed by atoms with Crippen LogP contribution in [-0.4, -0.2) is 7.05 Å². The Balaban J connectivity index is 1.84. The van der Waals surface area contributed by atoms with Crippen molar-refractivity contribution in [1.82, 2.24) is 0 Å². The molecule has 1 nitrogen and oxygen atoms in total. The Hall–Kier alpha value is -3.36. The van der Waals surface area contributed by atoms with Gasteiger partial charge >= 0.3 is 0 Å². The fourth-order valence-electron chi connectivity index (χ4n) is 4.54. The molecular formula is C27H19NS. The summed E-state index contributed by atoms with van der Waals surface area (Å²) in [6.45, 7) is 0. The smallest absolute Gasteiger partial charge is 0.0518 e. The predicted octanol–water partition coefficient (Wildman–Crippen LogP) is 8.07. The monoisotopic (exact) mass is 389 g/mol. The summed E-state index contributed by atoms with van der Waals surface area (Å²) in [5, 5.41) is 11.4. The molecule has 0 unspecified atom stereocenters. The fourth-order valence-corrected chi connectivity index (χ4v) is 5.79. The van der Waals surface area contributed by atoms with Crippen LogP contribution in [0.25, 0.3) is 52.8 Å². The van der Waals surface area contributed by atoms with Crippen LogP contribution < -0.4 is 5.32 Å². The molecule has 0 saturated carbocycles. The average Bonchev–Trinajstić information content (AvgIpc) is 3.17. The van der Waals surface area contributed by atoms with E-state index in [1.165, 1.54) is 58.5 Å². The summed E-state index contributed by atoms with van der Waals surface area (Å²) in [5.74, 6) is 0. The highest BCUT2D eigenvalue weighted by Crippen LogP contribution is 2.48. The van der Waals surface area contributed by atoms with Crippen molar-refractivity contribution in [2.24, 2.45) is 0 Å². The van der Waals surface area contributed by atoms with E-state index >= 15 is 0 Å². The van der Waals surface area contributed by atoms with Crippen molar-refractivity contribution in [3.63, 3.8) is 0 Å². The molecule has 138 valence electrons. The highest BCUT2D eigenvalue weighted by atomic mass is 32.1. The first-order chi connectivity index (χ1) is 14.3. The molecule has 0 atom stereocenters. The average molecular weight is 390 g/mol. The van der Waals surface area contributed by atoms with Gasteiger partial charge in [-0.25, -0.2) is 0 Å². The van der Waals surface area contributed by atoms with Crippen molar-refractivity contribution in [2.45, 2.75) is 0 Å². The van der Waals surface area contributed by atoms with E-state index in [1.54, 1.807) is 0 Å². The van der Waals surface area contributed by atoms with Crippen LogP contribution in [-0.2, 0) is 0 Å². The Labute approximate surface area is 173 Å². The third-order valence-electron chi connectivity index (χ3n) is 5.82. The van der Waals surface area contributed by atoms with Crippen molar-refractivity contribution in [1.29, 1.82) is 0 Å². The molecule has 0 amide bonds. The first-order valence-electron chi connectivity index (χ1n) is 9.88. The molecule has 6 aromatic rings. The van der Waals surface area contributed by atoms with Crippen molar-refractivity contribution < 1.29 is 0 Å². The molecule has 0 aliphatic carbocycles. The van der Waals surface area contributed by atoms with Gasteiger partial charge in [-0.1, -0.05) is 78.9 Å². The Kier molecular flexibility index (Phi) is 3.62. The van der Waals surface area contributed by atoms with Gasteiger partial charge in [-0.05, 0) is 33.9 Å². The van der Waals surface area contributed by atoms with Crippen molar-refractivity contribution in [3.05, 3.63) is 91.0 Å². The second-order valence-electron chi connectivity index (χ2n) is 7.41. The number of anilines is 1. The molecule has 6 rings (SSSR count). The van der Waals surface area contributed by atoms with E-state index in [1.807, 2.05) is 18.4 Å². The molecule has 0 bridgehead atoms. The Bertz CT molecular complexity index is 1540. The lowest BCUT2D eigenvalue weighted by Crippen LogP contribution is -1.95. The summed E-state index contributed by atoms with van der Waals surface area (Å²) >= 11 is 1.89. The lowest BCUT2D eigenvalue weighted by Gasteiger charge is -2.16. The van der Waals surface area contributed by atoms with Gasteiger partial charge in [0.1, 0.15) is 0 Å². The second kappa shape index (κ2) is 6.33. The normalized spacial score (nSPS) is 11.6. The summed E-state index contributed by atoms with van der Waals surface area (Å²) < 4.78 is 2.69. The molecule has 0 radical (unpaired) electrons. The molecule has 1 N–H and O–H groups in total. The van der Waals surface area contributed by atoms with E-state index < -0.39 is 0 Å². The summed E-state index contributed by atoms with van der Waals surface area (Å²) in [6.07, 6.45) is 0. The zero-order valence-electron chi connectivity index (χ0n) is 16.1. The highest BCUT2D eigenvalue weighted by Gasteiger charge is 2.19. The van der Waals surface area contributed by atoms with Crippen LogP contribution in [0.15, 0.2) is 91.0 Å². The van der Waals surface area contributed by atoms with Crippen molar-refractivity contribution >= 4 is 58.7 Å². The maximum Gasteiger partial charge on any atom is 0.0518 e. The zero-order valence-corrected chi connectivity index (χ0v) is 16.9. The minimum absolute atomic E-state index is 1.21. The topological polar surface area (TPSA) is 12.0 Å². The number of rotatable bonds is 2. The molecule has 1 heterocycles. The quantitative estimate of drug-likeness (QED) is 0.316. The van der Waals surface area contributed by atoms with Crippen LogP contribution in [0.3, 0.4) is 0 Å². The van der Waals surface area contributed by atoms with Crippen LogP contribution in [0.2, 0.25) is 0 Å². The number of nitrogens with one attached hydrogen (secondary N) is 1. The van der Waals surface area contributed by atoms with E-state index in [9.17, 15) is 0 Å². The Morgan fingerprint density at radius 3 is 2.17 bits per heavy atom. The predicted molar refractivity (Wildman–Crippen MR) is 129 cm³/mol. The van der Waals surface area contributed by atoms with Gasteiger partial charge in [-0.2, -0.15) is 0 Å². The van der Waals surface area contributed by atoms with Gasteiger partial charge in [-0.3, -0.25) is 0 Å². The standard InChI is InChI=1S/C27H19NS/c1-28-26-24(19-15-14-17-8-2-3-9-18(17)16-19)20-10-4-5-11-21(20)27-25(26)22-12-6-7-13-23(22)29-27/h2-16,28H,1H3. The first-order valence-corrected chi connectivity index (χ1v) is 10.7. The maximum absolute atomic E-state index is 3.56. The number of benzene rings is 5. The zero-order chi connectivity index (χ0) is 19.4. The first kappa shape index (κ1) is 16.6. The molecule has 1 aromatic heterocycles. The fraction of sp³-hybridized carbons (Fsp3) is 0.0370. The van der Waals surface area contributed by atoms with Crippen LogP contribution >= 0.6 is 11.3 Å². The Morgan fingerprint density at radius 2 is 1.34 bits per heavy atom. The molecule has 2 heteroatoms. The van der Waals surface area contributed by atoms with E-state index in [4.69, 9.17) is 0 Å². The largest absolute Gasteiger partial charge is 0.387 e. The maximum atomic E-state index is 3.56. The van der Waals surface area contributed by atoms with E-state index in [-0.39, 0.29) is 0 Å². The van der Waals surface area contributed by atoms with Gasteiger partial charge in [0.2, 0.25) is 0 Å². The third kappa shape index (κ3) is 2.39. The minimum atomic E-state index is 1.21. The Morgan fingerprint density at radius 1 is 0.655 bits per heavy atom. The van der Waals surface area contributed by atoms with Gasteiger partial charge in [0, 0.05) is 38.2 Å². The SMILES string of the molecule is CNc1c(-c2ccc3ccccc3c2)c2ccccc2c2sc3ccccc3c12. The van der Waals surface area contributed by atoms with Gasteiger partial charge in [0.05, 0.1) is 5.69 Å². The number of fused-ring (bicyclic) bond motifs is 6. The lowest BCUT2D eigenvalue weighted by atomic mass is 9.92. The molecule has 0 fully saturated rings.